The van der Waals surface area contributed by atoms with E-state index in [1.165, 1.54) is 41.1 Å². The molecule has 0 aliphatic rings. The van der Waals surface area contributed by atoms with Crippen molar-refractivity contribution in [3.63, 3.8) is 0 Å². The van der Waals surface area contributed by atoms with E-state index in [-0.39, 0.29) is 16.5 Å². The topological polar surface area (TPSA) is 64.0 Å². The fourth-order valence-corrected chi connectivity index (χ4v) is 3.55. The Morgan fingerprint density at radius 3 is 2.33 bits per heavy atom. The number of nitrogens with one attached hydrogen (secondary N) is 1. The van der Waals surface area contributed by atoms with E-state index in [1.807, 2.05) is 0 Å². The third-order valence-corrected chi connectivity index (χ3v) is 5.36. The zero-order valence-electron chi connectivity index (χ0n) is 12.6. The molecule has 0 amide bonds. The third kappa shape index (κ3) is 3.59. The van der Waals surface area contributed by atoms with Crippen LogP contribution in [0.25, 0.3) is 5.69 Å². The second kappa shape index (κ2) is 6.52. The second-order valence-corrected chi connectivity index (χ2v) is 8.05. The van der Waals surface area contributed by atoms with Crippen LogP contribution in [0.1, 0.15) is 5.69 Å². The van der Waals surface area contributed by atoms with E-state index in [9.17, 15) is 12.8 Å². The van der Waals surface area contributed by atoms with Crippen LogP contribution in [0.3, 0.4) is 0 Å². The minimum absolute atomic E-state index is 0.160. The van der Waals surface area contributed by atoms with Crippen LogP contribution < -0.4 is 4.72 Å². The summed E-state index contributed by atoms with van der Waals surface area (Å²) in [5, 5.41) is 4.27. The summed E-state index contributed by atoms with van der Waals surface area (Å²) in [5.41, 5.74) is 1.20. The Bertz CT molecular complexity index is 968. The molecule has 0 aliphatic heterocycles. The Balaban J connectivity index is 1.98. The summed E-state index contributed by atoms with van der Waals surface area (Å²) in [4.78, 5) is 0.160. The Morgan fingerprint density at radius 1 is 1.08 bits per heavy atom. The number of aromatic nitrogens is 2. The number of rotatable bonds is 4. The van der Waals surface area contributed by atoms with Crippen molar-refractivity contribution in [2.24, 2.45) is 0 Å². The van der Waals surface area contributed by atoms with Gasteiger partial charge in [-0.2, -0.15) is 5.10 Å². The van der Waals surface area contributed by atoms with Gasteiger partial charge in [-0.15, -0.1) is 0 Å². The maximum absolute atomic E-state index is 13.1. The average molecular weight is 457 g/mol. The second-order valence-electron chi connectivity index (χ2n) is 5.12. The van der Waals surface area contributed by atoms with Gasteiger partial charge in [-0.25, -0.2) is 17.5 Å². The van der Waals surface area contributed by atoms with Crippen LogP contribution in [-0.4, -0.2) is 18.2 Å². The van der Waals surface area contributed by atoms with Gasteiger partial charge >= 0.3 is 0 Å². The third-order valence-electron chi connectivity index (χ3n) is 3.27. The van der Waals surface area contributed by atoms with Crippen molar-refractivity contribution >= 4 is 38.4 Å². The van der Waals surface area contributed by atoms with Gasteiger partial charge in [0.15, 0.2) is 0 Å². The molecule has 5 nitrogen and oxygen atoms in total. The van der Waals surface area contributed by atoms with Gasteiger partial charge in [-0.3, -0.25) is 4.72 Å². The summed E-state index contributed by atoms with van der Waals surface area (Å²) in [5.74, 6) is -0.0821. The van der Waals surface area contributed by atoms with Crippen LogP contribution in [0.4, 0.5) is 10.2 Å². The molecule has 0 spiro atoms. The van der Waals surface area contributed by atoms with Gasteiger partial charge in [0, 0.05) is 9.64 Å². The lowest BCUT2D eigenvalue weighted by Gasteiger charge is -2.10. The zero-order chi connectivity index (χ0) is 17.3. The smallest absolute Gasteiger partial charge is 0.263 e. The van der Waals surface area contributed by atoms with Crippen LogP contribution in [0.15, 0.2) is 59.5 Å². The number of hydrogen-bond acceptors (Lipinski definition) is 3. The highest BCUT2D eigenvalue weighted by Crippen LogP contribution is 2.21. The van der Waals surface area contributed by atoms with Gasteiger partial charge in [0.2, 0.25) is 0 Å². The molecular weight excluding hydrogens is 444 g/mol. The standard InChI is InChI=1S/C16H13FIN3O2S/c1-11-10-16(21(19-11)14-6-2-12(17)3-7-14)20-24(22,23)15-8-4-13(18)5-9-15/h2-10,20H,1H3. The van der Waals surface area contributed by atoms with Gasteiger partial charge in [0.25, 0.3) is 10.0 Å². The number of sulfonamides is 1. The van der Waals surface area contributed by atoms with E-state index in [1.54, 1.807) is 25.1 Å². The van der Waals surface area contributed by atoms with Crippen molar-refractivity contribution in [3.05, 3.63) is 69.7 Å². The minimum atomic E-state index is -3.74. The molecule has 0 fully saturated rings. The average Bonchev–Trinajstić information content (AvgIpc) is 2.88. The minimum Gasteiger partial charge on any atom is -0.263 e. The Kier molecular flexibility index (Phi) is 4.59. The van der Waals surface area contributed by atoms with E-state index >= 15 is 0 Å². The molecule has 3 aromatic rings. The van der Waals surface area contributed by atoms with Gasteiger partial charge < -0.3 is 0 Å². The first kappa shape index (κ1) is 16.9. The molecule has 0 unspecified atom stereocenters. The Hall–Kier alpha value is -1.94. The predicted octanol–water partition coefficient (Wildman–Crippen LogP) is 3.73. The quantitative estimate of drug-likeness (QED) is 0.608. The lowest BCUT2D eigenvalue weighted by atomic mass is 10.3. The van der Waals surface area contributed by atoms with E-state index in [2.05, 4.69) is 32.4 Å². The SMILES string of the molecule is Cc1cc(NS(=O)(=O)c2ccc(I)cc2)n(-c2ccc(F)cc2)n1. The molecule has 0 saturated carbocycles. The first-order valence-corrected chi connectivity index (χ1v) is 9.52. The van der Waals surface area contributed by atoms with E-state index in [4.69, 9.17) is 0 Å². The molecular formula is C16H13FIN3O2S. The highest BCUT2D eigenvalue weighted by atomic mass is 127. The van der Waals surface area contributed by atoms with Gasteiger partial charge in [-0.05, 0) is 78.0 Å². The first-order valence-electron chi connectivity index (χ1n) is 6.96. The van der Waals surface area contributed by atoms with Crippen LogP contribution in [0, 0.1) is 16.3 Å². The van der Waals surface area contributed by atoms with Gasteiger partial charge in [0.1, 0.15) is 11.6 Å². The van der Waals surface area contributed by atoms with Crippen molar-refractivity contribution < 1.29 is 12.8 Å². The molecule has 124 valence electrons. The molecule has 24 heavy (non-hydrogen) atoms. The maximum Gasteiger partial charge on any atom is 0.263 e. The van der Waals surface area contributed by atoms with Gasteiger partial charge in [-0.1, -0.05) is 0 Å². The molecule has 1 heterocycles. The van der Waals surface area contributed by atoms with Crippen LogP contribution in [0.5, 0.6) is 0 Å². The van der Waals surface area contributed by atoms with E-state index < -0.39 is 10.0 Å². The summed E-state index contributed by atoms with van der Waals surface area (Å²) in [6.45, 7) is 1.75. The van der Waals surface area contributed by atoms with Crippen LogP contribution in [0.2, 0.25) is 0 Å². The Labute approximate surface area is 152 Å². The normalized spacial score (nSPS) is 11.5. The maximum atomic E-state index is 13.1. The number of nitrogens with zero attached hydrogens (tertiary/aromatic N) is 2. The van der Waals surface area contributed by atoms with Crippen molar-refractivity contribution in [3.8, 4) is 5.69 Å². The number of aryl methyl sites for hydroxylation is 1. The molecule has 1 aromatic heterocycles. The molecule has 0 aliphatic carbocycles. The van der Waals surface area contributed by atoms with E-state index in [0.29, 0.717) is 11.4 Å². The number of benzene rings is 2. The van der Waals surface area contributed by atoms with Crippen LogP contribution >= 0.6 is 22.6 Å². The van der Waals surface area contributed by atoms with Gasteiger partial charge in [0.05, 0.1) is 16.3 Å². The van der Waals surface area contributed by atoms with Crippen molar-refractivity contribution in [2.75, 3.05) is 4.72 Å². The first-order chi connectivity index (χ1) is 11.3. The predicted molar refractivity (Wildman–Crippen MR) is 98.2 cm³/mol. The van der Waals surface area contributed by atoms with Crippen LogP contribution in [-0.2, 0) is 10.0 Å². The van der Waals surface area contributed by atoms with Crippen molar-refractivity contribution in [1.82, 2.24) is 9.78 Å². The molecule has 0 saturated heterocycles. The molecule has 0 radical (unpaired) electrons. The number of hydrogen-bond donors (Lipinski definition) is 1. The largest absolute Gasteiger partial charge is 0.263 e. The molecule has 0 bridgehead atoms. The van der Waals surface area contributed by atoms with Crippen molar-refractivity contribution in [1.29, 1.82) is 0 Å². The zero-order valence-corrected chi connectivity index (χ0v) is 15.5. The summed E-state index contributed by atoms with van der Waals surface area (Å²) >= 11 is 2.11. The molecule has 2 aromatic carbocycles. The number of halogens is 2. The summed E-state index contributed by atoms with van der Waals surface area (Å²) in [6, 6.07) is 13.8. The fourth-order valence-electron chi connectivity index (χ4n) is 2.16. The molecule has 8 heteroatoms. The summed E-state index contributed by atoms with van der Waals surface area (Å²) < 4.78 is 43.1. The lowest BCUT2D eigenvalue weighted by molar-refractivity contribution is 0.600. The molecule has 1 N–H and O–H groups in total. The number of anilines is 1. The summed E-state index contributed by atoms with van der Waals surface area (Å²) in [7, 11) is -3.74. The highest BCUT2D eigenvalue weighted by Gasteiger charge is 2.18. The summed E-state index contributed by atoms with van der Waals surface area (Å²) in [6.07, 6.45) is 0. The monoisotopic (exact) mass is 457 g/mol. The van der Waals surface area contributed by atoms with E-state index in [0.717, 1.165) is 3.57 Å². The molecule has 0 atom stereocenters. The lowest BCUT2D eigenvalue weighted by Crippen LogP contribution is -2.16. The van der Waals surface area contributed by atoms with Crippen molar-refractivity contribution in [2.45, 2.75) is 11.8 Å². The fraction of sp³-hybridized carbons (Fsp3) is 0.0625. The highest BCUT2D eigenvalue weighted by molar-refractivity contribution is 14.1. The molecule has 3 rings (SSSR count). The Morgan fingerprint density at radius 2 is 1.71 bits per heavy atom.